The van der Waals surface area contributed by atoms with E-state index in [-0.39, 0.29) is 18.9 Å². The van der Waals surface area contributed by atoms with E-state index < -0.39 is 0 Å². The van der Waals surface area contributed by atoms with Crippen molar-refractivity contribution >= 4 is 35.0 Å². The van der Waals surface area contributed by atoms with E-state index in [1.165, 1.54) is 0 Å². The van der Waals surface area contributed by atoms with Crippen LogP contribution >= 0.6 is 0 Å². The van der Waals surface area contributed by atoms with E-state index in [1.54, 1.807) is 16.1 Å². The number of hydrogen-bond acceptors (Lipinski definition) is 1. The van der Waals surface area contributed by atoms with Crippen LogP contribution in [0.5, 0.6) is 0 Å². The minimum Gasteiger partial charge on any atom is -0.509 e. The van der Waals surface area contributed by atoms with E-state index in [2.05, 4.69) is 4.57 Å². The summed E-state index contributed by atoms with van der Waals surface area (Å²) in [4.78, 5) is 0. The fourth-order valence-corrected chi connectivity index (χ4v) is 0. The normalized spacial score (nSPS) is 4.00. The summed E-state index contributed by atoms with van der Waals surface area (Å²) < 4.78 is 4.25. The van der Waals surface area contributed by atoms with Crippen LogP contribution in [0.15, 0.2) is 0 Å². The van der Waals surface area contributed by atoms with Gasteiger partial charge in [-0.2, -0.15) is 0 Å². The molecule has 0 saturated heterocycles. The van der Waals surface area contributed by atoms with Crippen LogP contribution in [-0.4, -0.2) is 35.0 Å². The van der Waals surface area contributed by atoms with Crippen molar-refractivity contribution < 1.29 is 4.57 Å². The van der Waals surface area contributed by atoms with Crippen molar-refractivity contribution in [3.05, 3.63) is 0 Å². The molecule has 0 fully saturated rings. The fraction of sp³-hybridized carbons (Fsp3) is 0. The summed E-state index contributed by atoms with van der Waals surface area (Å²) in [6.07, 6.45) is 0. The van der Waals surface area contributed by atoms with Crippen LogP contribution in [0.25, 0.3) is 0 Å². The van der Waals surface area contributed by atoms with Gasteiger partial charge in [0.25, 0.3) is 0 Å². The Morgan fingerprint density at radius 1 is 1.25 bits per heavy atom. The summed E-state index contributed by atoms with van der Waals surface area (Å²) >= 11 is 0. The first-order valence-corrected chi connectivity index (χ1v) is 0.816. The molecule has 0 spiro atoms. The predicted octanol–water partition coefficient (Wildman–Crippen LogP) is -2.28. The molecule has 0 bridgehead atoms. The molecule has 17 valence electrons. The fourth-order valence-electron chi connectivity index (χ4n) is 0. The van der Waals surface area contributed by atoms with E-state index in [1.807, 2.05) is 0 Å². The van der Waals surface area contributed by atoms with E-state index in [0.717, 1.165) is 0 Å². The van der Waals surface area contributed by atoms with Crippen molar-refractivity contribution in [3.63, 3.8) is 0 Å². The summed E-state index contributed by atoms with van der Waals surface area (Å²) in [5, 5.41) is 0. The van der Waals surface area contributed by atoms with Crippen molar-refractivity contribution in [1.82, 2.24) is 0 Å². The van der Waals surface area contributed by atoms with Crippen molar-refractivity contribution in [2.75, 3.05) is 0 Å². The first kappa shape index (κ1) is 8.82. The van der Waals surface area contributed by atoms with Gasteiger partial charge in [-0.25, -0.2) is 0 Å². The smallest absolute Gasteiger partial charge is 0.237 e. The molecule has 0 unspecified atom stereocenters. The Labute approximate surface area is 40.2 Å². The third-order valence-electron chi connectivity index (χ3n) is 0. The van der Waals surface area contributed by atoms with Crippen LogP contribution < -0.4 is 0 Å². The Hall–Kier alpha value is 0.687. The van der Waals surface area contributed by atoms with Gasteiger partial charge < -0.3 is 4.57 Å². The second-order valence-corrected chi connectivity index (χ2v) is 0.408. The Balaban J connectivity index is 0. The molecule has 0 aliphatic carbocycles. The van der Waals surface area contributed by atoms with Crippen LogP contribution in [-0.2, 0) is 4.57 Å². The SMILES string of the molecule is BOB.[Li]. The van der Waals surface area contributed by atoms with Gasteiger partial charge in [0.1, 0.15) is 0 Å². The molecule has 1 nitrogen and oxygen atoms in total. The molecule has 0 aromatic heterocycles. The van der Waals surface area contributed by atoms with Crippen LogP contribution in [0.4, 0.5) is 0 Å². The van der Waals surface area contributed by atoms with Gasteiger partial charge in [0.15, 0.2) is 0 Å². The van der Waals surface area contributed by atoms with E-state index in [4.69, 9.17) is 0 Å². The largest absolute Gasteiger partial charge is 0.509 e. The zero-order valence-electron chi connectivity index (χ0n) is 3.41. The van der Waals surface area contributed by atoms with E-state index in [0.29, 0.717) is 0 Å². The summed E-state index contributed by atoms with van der Waals surface area (Å²) in [5.41, 5.74) is 0. The molecule has 0 atom stereocenters. The molecule has 0 aromatic rings. The van der Waals surface area contributed by atoms with Crippen molar-refractivity contribution in [3.8, 4) is 0 Å². The standard InChI is InChI=1S/B2H4O.Li/c1-3-2;/h1-2H2;. The van der Waals surface area contributed by atoms with Gasteiger partial charge in [0, 0.05) is 18.9 Å². The Morgan fingerprint density at radius 3 is 1.25 bits per heavy atom. The van der Waals surface area contributed by atoms with Crippen molar-refractivity contribution in [2.45, 2.75) is 0 Å². The molecule has 0 heterocycles. The van der Waals surface area contributed by atoms with Gasteiger partial charge in [-0.05, 0) is 0 Å². The maximum absolute atomic E-state index is 4.25. The molecule has 0 aliphatic heterocycles. The molecule has 0 amide bonds. The third-order valence-corrected chi connectivity index (χ3v) is 0. The Morgan fingerprint density at radius 2 is 1.25 bits per heavy atom. The molecule has 1 radical (unpaired) electrons. The maximum Gasteiger partial charge on any atom is 0.237 e. The van der Waals surface area contributed by atoms with E-state index >= 15 is 0 Å². The van der Waals surface area contributed by atoms with E-state index in [9.17, 15) is 0 Å². The second kappa shape index (κ2) is 9.35. The molecule has 0 aliphatic rings. The minimum absolute atomic E-state index is 0. The zero-order valence-corrected chi connectivity index (χ0v) is 3.41. The molecular weight excluding hydrogens is 44.6 g/mol. The van der Waals surface area contributed by atoms with Gasteiger partial charge in [-0.1, -0.05) is 0 Å². The minimum atomic E-state index is 0. The summed E-state index contributed by atoms with van der Waals surface area (Å²) in [5.74, 6) is 0. The van der Waals surface area contributed by atoms with Gasteiger partial charge in [-0.15, -0.1) is 0 Å². The van der Waals surface area contributed by atoms with Crippen LogP contribution in [0, 0.1) is 0 Å². The van der Waals surface area contributed by atoms with Crippen LogP contribution in [0.2, 0.25) is 0 Å². The van der Waals surface area contributed by atoms with Crippen molar-refractivity contribution in [1.29, 1.82) is 0 Å². The second-order valence-electron chi connectivity index (χ2n) is 0.408. The summed E-state index contributed by atoms with van der Waals surface area (Å²) in [6, 6.07) is 0. The van der Waals surface area contributed by atoms with Gasteiger partial charge in [0.2, 0.25) is 16.1 Å². The maximum atomic E-state index is 4.25. The predicted molar refractivity (Wildman–Crippen MR) is 23.9 cm³/mol. The zero-order chi connectivity index (χ0) is 2.71. The molecule has 4 heavy (non-hydrogen) atoms. The molecule has 0 N–H and O–H groups in total. The summed E-state index contributed by atoms with van der Waals surface area (Å²) in [6.45, 7) is 0. The summed E-state index contributed by atoms with van der Waals surface area (Å²) in [7, 11) is 3.25. The van der Waals surface area contributed by atoms with Gasteiger partial charge in [0.05, 0.1) is 0 Å². The monoisotopic (exact) mass is 49.1 g/mol. The van der Waals surface area contributed by atoms with Gasteiger partial charge in [-0.3, -0.25) is 0 Å². The average molecular weight is 48.6 g/mol. The molecule has 4 heteroatoms. The Bertz CT molecular complexity index is 6.00. The number of rotatable bonds is 0. The molecular formula is H4B2LiO. The molecule has 0 aromatic carbocycles. The Kier molecular flexibility index (Phi) is 20.6. The van der Waals surface area contributed by atoms with Gasteiger partial charge >= 0.3 is 0 Å². The average Bonchev–Trinajstić information content (AvgIpc) is 0.918. The van der Waals surface area contributed by atoms with Crippen LogP contribution in [0.3, 0.4) is 0 Å². The topological polar surface area (TPSA) is 9.23 Å². The third kappa shape index (κ3) is 16.2. The quantitative estimate of drug-likeness (QED) is 0.280. The molecule has 0 saturated carbocycles. The first-order valence-electron chi connectivity index (χ1n) is 0.816. The van der Waals surface area contributed by atoms with Crippen molar-refractivity contribution in [2.24, 2.45) is 0 Å². The number of hydrogen-bond donors (Lipinski definition) is 0. The van der Waals surface area contributed by atoms with Crippen LogP contribution in [0.1, 0.15) is 0 Å². The first-order chi connectivity index (χ1) is 1.41. The molecule has 0 rings (SSSR count).